The fraction of sp³-hybridized carbons (Fsp3) is 0.522. The van der Waals surface area contributed by atoms with Crippen LogP contribution in [0.5, 0.6) is 11.5 Å². The van der Waals surface area contributed by atoms with E-state index in [4.69, 9.17) is 23.3 Å². The number of carbonyl (C=O) groups is 1. The molecule has 6 atom stereocenters. The first-order valence-electron chi connectivity index (χ1n) is 11.8. The maximum absolute atomic E-state index is 13.7. The minimum absolute atomic E-state index is 0.101. The number of ether oxygens (including phenoxy) is 3. The van der Waals surface area contributed by atoms with Gasteiger partial charge in [-0.15, -0.1) is 0 Å². The number of benzene rings is 1. The number of para-hydroxylation sites is 1. The Morgan fingerprint density at radius 3 is 2.62 bits per heavy atom. The van der Waals surface area contributed by atoms with Gasteiger partial charge >= 0.3 is 19.4 Å². The highest BCUT2D eigenvalue weighted by molar-refractivity contribution is 7.52. The fourth-order valence-corrected chi connectivity index (χ4v) is 5.40. The number of cyclic esters (lactones) is 1. The summed E-state index contributed by atoms with van der Waals surface area (Å²) in [5.74, 6) is -0.225. The zero-order valence-electron chi connectivity index (χ0n) is 20.4. The van der Waals surface area contributed by atoms with E-state index < -0.39 is 56.1 Å². The molecule has 1 fully saturated rings. The van der Waals surface area contributed by atoms with Gasteiger partial charge in [0.05, 0.1) is 32.2 Å². The van der Waals surface area contributed by atoms with Crippen molar-refractivity contribution in [2.75, 3.05) is 19.8 Å². The number of hydrogen-bond donors (Lipinski definition) is 3. The molecule has 1 saturated heterocycles. The van der Waals surface area contributed by atoms with E-state index in [1.54, 1.807) is 30.3 Å². The number of nitrogens with one attached hydrogen (secondary N) is 1. The lowest BCUT2D eigenvalue weighted by molar-refractivity contribution is -0.145. The molecule has 4 bridgehead atoms. The normalized spacial score (nSPS) is 33.5. The van der Waals surface area contributed by atoms with Crippen LogP contribution in [-0.4, -0.2) is 69.4 Å². The van der Waals surface area contributed by atoms with Crippen molar-refractivity contribution in [3.63, 3.8) is 0 Å². The number of rotatable bonds is 2. The smallest absolute Gasteiger partial charge is 0.459 e. The van der Waals surface area contributed by atoms with Crippen molar-refractivity contribution in [3.8, 4) is 11.5 Å². The van der Waals surface area contributed by atoms with Gasteiger partial charge in [0.25, 0.3) is 0 Å². The third-order valence-electron chi connectivity index (χ3n) is 5.93. The average molecular weight is 539 g/mol. The second-order valence-electron chi connectivity index (χ2n) is 8.95. The summed E-state index contributed by atoms with van der Waals surface area (Å²) in [6.07, 6.45) is -0.576. The van der Waals surface area contributed by atoms with Gasteiger partial charge in [0, 0.05) is 0 Å². The van der Waals surface area contributed by atoms with Crippen LogP contribution in [0.2, 0.25) is 0 Å². The first-order chi connectivity index (χ1) is 17.6. The second kappa shape index (κ2) is 11.3. The summed E-state index contributed by atoms with van der Waals surface area (Å²) in [5, 5.41) is 24.4. The number of fused-ring (bicyclic) bond motifs is 5. The highest BCUT2D eigenvalue weighted by Crippen LogP contribution is 2.47. The monoisotopic (exact) mass is 539 g/mol. The van der Waals surface area contributed by atoms with Crippen LogP contribution < -0.4 is 20.0 Å². The van der Waals surface area contributed by atoms with Crippen LogP contribution in [0, 0.1) is 0 Å². The lowest BCUT2D eigenvalue weighted by atomic mass is 9.96. The quantitative estimate of drug-likeness (QED) is 0.368. The molecule has 0 radical (unpaired) electrons. The van der Waals surface area contributed by atoms with Crippen molar-refractivity contribution in [3.05, 3.63) is 53.2 Å². The number of aliphatic hydroxyl groups excluding tert-OH is 1. The third-order valence-corrected chi connectivity index (χ3v) is 7.57. The molecule has 202 valence electrons. The molecule has 0 saturated carbocycles. The summed E-state index contributed by atoms with van der Waals surface area (Å²) in [7, 11) is -4.23. The Hall–Kier alpha value is -2.80. The Kier molecular flexibility index (Phi) is 8.32. The van der Waals surface area contributed by atoms with Crippen molar-refractivity contribution >= 4 is 13.7 Å². The molecule has 0 aliphatic carbocycles. The van der Waals surface area contributed by atoms with Gasteiger partial charge < -0.3 is 28.9 Å². The second-order valence-corrected chi connectivity index (χ2v) is 10.6. The van der Waals surface area contributed by atoms with Crippen molar-refractivity contribution in [2.24, 2.45) is 0 Å². The zero-order chi connectivity index (χ0) is 26.6. The molecule has 2 aliphatic rings. The largest absolute Gasteiger partial charge is 0.490 e. The first kappa shape index (κ1) is 27.2. The summed E-state index contributed by atoms with van der Waals surface area (Å²) in [6, 6.07) is 7.10. The Balaban J connectivity index is 1.64. The van der Waals surface area contributed by atoms with E-state index in [-0.39, 0.29) is 24.7 Å². The van der Waals surface area contributed by atoms with Crippen LogP contribution >= 0.6 is 7.75 Å². The van der Waals surface area contributed by atoms with Gasteiger partial charge in [-0.25, -0.2) is 9.36 Å². The van der Waals surface area contributed by atoms with E-state index in [9.17, 15) is 24.4 Å². The maximum Gasteiger partial charge on any atom is 0.459 e. The third kappa shape index (κ3) is 6.38. The van der Waals surface area contributed by atoms with Crippen LogP contribution in [0.3, 0.4) is 0 Å². The van der Waals surface area contributed by atoms with E-state index in [1.807, 2.05) is 0 Å². The standard InChI is InChI=1S/C23H30N3O10P/c1-15-20(28)33-11-7-6-10-32-17-12-24-22(29)26(13-17)21-23(2,30)19(27)18(35-21)14-34-37(31,25-15)36-16-8-4-3-5-9-16/h3-5,8-9,12-13,15,18-19,21,27,30H,6-7,10-11,14H2,1-2H3,(H,25,31)/t15-,18-,19-,21-,23-,37?/m1/s1. The van der Waals surface area contributed by atoms with Crippen LogP contribution in [0.15, 0.2) is 47.5 Å². The van der Waals surface area contributed by atoms with Gasteiger partial charge in [-0.05, 0) is 38.8 Å². The Labute approximate surface area is 212 Å². The maximum atomic E-state index is 13.7. The van der Waals surface area contributed by atoms with Gasteiger partial charge in [0.1, 0.15) is 29.6 Å². The van der Waals surface area contributed by atoms with Gasteiger partial charge in [0.15, 0.2) is 12.0 Å². The Morgan fingerprint density at radius 1 is 1.19 bits per heavy atom. The number of aromatic nitrogens is 2. The number of nitrogens with zero attached hydrogens (tertiary/aromatic N) is 2. The van der Waals surface area contributed by atoms with Gasteiger partial charge in [-0.3, -0.25) is 13.9 Å². The van der Waals surface area contributed by atoms with E-state index in [0.717, 1.165) is 4.57 Å². The molecular weight excluding hydrogens is 509 g/mol. The molecular formula is C23H30N3O10P. The van der Waals surface area contributed by atoms with Gasteiger partial charge in [0.2, 0.25) is 0 Å². The molecule has 2 aliphatic heterocycles. The highest BCUT2D eigenvalue weighted by atomic mass is 31.2. The summed E-state index contributed by atoms with van der Waals surface area (Å²) >= 11 is 0. The predicted octanol–water partition coefficient (Wildman–Crippen LogP) is 1.15. The molecule has 37 heavy (non-hydrogen) atoms. The number of carbonyl (C=O) groups excluding carboxylic acids is 1. The van der Waals surface area contributed by atoms with Crippen molar-refractivity contribution < 1.29 is 42.8 Å². The Morgan fingerprint density at radius 2 is 1.89 bits per heavy atom. The molecule has 1 unspecified atom stereocenters. The van der Waals surface area contributed by atoms with E-state index in [0.29, 0.717) is 12.8 Å². The topological polar surface area (TPSA) is 168 Å². The van der Waals surface area contributed by atoms with Crippen LogP contribution in [-0.2, 0) is 23.4 Å². The average Bonchev–Trinajstić information content (AvgIpc) is 3.09. The van der Waals surface area contributed by atoms with Gasteiger partial charge in [-0.2, -0.15) is 10.1 Å². The summed E-state index contributed by atoms with van der Waals surface area (Å²) in [6.45, 7) is 2.56. The lowest BCUT2D eigenvalue weighted by Gasteiger charge is -2.27. The molecule has 0 spiro atoms. The zero-order valence-corrected chi connectivity index (χ0v) is 21.3. The Bertz CT molecular complexity index is 1190. The molecule has 3 heterocycles. The van der Waals surface area contributed by atoms with Crippen molar-refractivity contribution in [1.29, 1.82) is 0 Å². The molecule has 1 aromatic carbocycles. The van der Waals surface area contributed by atoms with Gasteiger partial charge in [-0.1, -0.05) is 18.2 Å². The molecule has 14 heteroatoms. The first-order valence-corrected chi connectivity index (χ1v) is 13.3. The summed E-state index contributed by atoms with van der Waals surface area (Å²) < 4.78 is 42.5. The predicted molar refractivity (Wildman–Crippen MR) is 128 cm³/mol. The molecule has 4 rings (SSSR count). The summed E-state index contributed by atoms with van der Waals surface area (Å²) in [4.78, 5) is 28.7. The van der Waals surface area contributed by atoms with Crippen LogP contribution in [0.25, 0.3) is 0 Å². The van der Waals surface area contributed by atoms with Crippen LogP contribution in [0.4, 0.5) is 0 Å². The molecule has 13 nitrogen and oxygen atoms in total. The van der Waals surface area contributed by atoms with E-state index in [2.05, 4.69) is 10.1 Å². The summed E-state index contributed by atoms with van der Waals surface area (Å²) in [5.41, 5.74) is -2.68. The number of hydrogen-bond acceptors (Lipinski definition) is 11. The SMILES string of the molecule is C[C@H]1NP(=O)(Oc2ccccc2)OC[C@H]2O[C@@H](n3cc(cnc3=O)OCCCCOC1=O)[C@](C)(O)[C@@H]2O. The van der Waals surface area contributed by atoms with E-state index >= 15 is 0 Å². The molecule has 2 aromatic rings. The minimum Gasteiger partial charge on any atom is -0.490 e. The van der Waals surface area contributed by atoms with E-state index in [1.165, 1.54) is 26.2 Å². The molecule has 1 aromatic heterocycles. The van der Waals surface area contributed by atoms with Crippen LogP contribution in [0.1, 0.15) is 32.9 Å². The highest BCUT2D eigenvalue weighted by Gasteiger charge is 2.54. The molecule has 0 amide bonds. The van der Waals surface area contributed by atoms with Crippen molar-refractivity contribution in [2.45, 2.75) is 56.8 Å². The minimum atomic E-state index is -4.23. The number of esters is 1. The van der Waals surface area contributed by atoms with Crippen molar-refractivity contribution in [1.82, 2.24) is 14.6 Å². The number of aliphatic hydroxyl groups is 2. The lowest BCUT2D eigenvalue weighted by Crippen LogP contribution is -2.46. The fourth-order valence-electron chi connectivity index (χ4n) is 3.89. The molecule has 3 N–H and O–H groups in total.